The Balaban J connectivity index is 1.63. The lowest BCUT2D eigenvalue weighted by atomic mass is 10.1. The maximum absolute atomic E-state index is 12.5. The lowest BCUT2D eigenvalue weighted by Gasteiger charge is -2.06. The monoisotopic (exact) mass is 365 g/mol. The number of nitrogens with zero attached hydrogens (tertiary/aromatic N) is 2. The van der Waals surface area contributed by atoms with Crippen LogP contribution in [-0.2, 0) is 11.9 Å². The van der Waals surface area contributed by atoms with Crippen molar-refractivity contribution in [3.05, 3.63) is 59.7 Å². The molecule has 1 heterocycles. The van der Waals surface area contributed by atoms with Gasteiger partial charge in [-0.1, -0.05) is 23.9 Å². The van der Waals surface area contributed by atoms with Gasteiger partial charge in [-0.3, -0.25) is 5.10 Å². The zero-order valence-electron chi connectivity index (χ0n) is 13.2. The summed E-state index contributed by atoms with van der Waals surface area (Å²) in [6.45, 7) is 0. The molecule has 1 aromatic heterocycles. The zero-order valence-corrected chi connectivity index (χ0v) is 14.0. The summed E-state index contributed by atoms with van der Waals surface area (Å²) in [5, 5.41) is 7.51. The van der Waals surface area contributed by atoms with E-state index in [2.05, 4.69) is 15.2 Å². The Hall–Kier alpha value is -2.48. The molecule has 0 unspecified atom stereocenters. The molecule has 0 spiro atoms. The van der Waals surface area contributed by atoms with E-state index in [0.29, 0.717) is 16.7 Å². The van der Waals surface area contributed by atoms with Crippen LogP contribution in [0.25, 0.3) is 11.4 Å². The quantitative estimate of drug-likeness (QED) is 0.661. The molecule has 2 aromatic carbocycles. The second-order valence-corrected chi connectivity index (χ2v) is 6.12. The summed E-state index contributed by atoms with van der Waals surface area (Å²) in [5.41, 5.74) is 0.990. The molecule has 25 heavy (non-hydrogen) atoms. The molecule has 0 atom stereocenters. The smallest absolute Gasteiger partial charge is 0.416 e. The number of benzene rings is 2. The van der Waals surface area contributed by atoms with Gasteiger partial charge in [0.1, 0.15) is 5.75 Å². The Bertz CT molecular complexity index is 830. The average Bonchev–Trinajstić information content (AvgIpc) is 3.09. The molecule has 0 aliphatic carbocycles. The van der Waals surface area contributed by atoms with E-state index in [1.165, 1.54) is 23.9 Å². The fourth-order valence-corrected chi connectivity index (χ4v) is 2.88. The van der Waals surface area contributed by atoms with Crippen LogP contribution in [0.1, 0.15) is 11.1 Å². The van der Waals surface area contributed by atoms with Crippen molar-refractivity contribution in [2.45, 2.75) is 17.1 Å². The van der Waals surface area contributed by atoms with Gasteiger partial charge in [0.25, 0.3) is 0 Å². The van der Waals surface area contributed by atoms with Crippen LogP contribution < -0.4 is 4.74 Å². The summed E-state index contributed by atoms with van der Waals surface area (Å²) in [5.74, 6) is 1.86. The van der Waals surface area contributed by atoms with Crippen molar-refractivity contribution >= 4 is 11.8 Å². The minimum Gasteiger partial charge on any atom is -0.497 e. The van der Waals surface area contributed by atoms with Crippen molar-refractivity contribution in [2.75, 3.05) is 7.11 Å². The lowest BCUT2D eigenvalue weighted by Crippen LogP contribution is -2.04. The number of hydrogen-bond acceptors (Lipinski definition) is 4. The van der Waals surface area contributed by atoms with Crippen molar-refractivity contribution in [2.24, 2.45) is 0 Å². The predicted octanol–water partition coefficient (Wildman–Crippen LogP) is 4.79. The van der Waals surface area contributed by atoms with Crippen molar-refractivity contribution in [3.63, 3.8) is 0 Å². The first-order valence-corrected chi connectivity index (χ1v) is 8.30. The molecule has 0 fully saturated rings. The number of aromatic nitrogens is 3. The lowest BCUT2D eigenvalue weighted by molar-refractivity contribution is -0.137. The third-order valence-electron chi connectivity index (χ3n) is 3.48. The Kier molecular flexibility index (Phi) is 4.98. The zero-order chi connectivity index (χ0) is 17.9. The van der Waals surface area contributed by atoms with Crippen LogP contribution in [0.5, 0.6) is 5.75 Å². The molecule has 8 heteroatoms. The summed E-state index contributed by atoms with van der Waals surface area (Å²) in [4.78, 5) is 4.38. The number of rotatable bonds is 5. The van der Waals surface area contributed by atoms with Crippen LogP contribution in [-0.4, -0.2) is 22.3 Å². The normalized spacial score (nSPS) is 11.5. The summed E-state index contributed by atoms with van der Waals surface area (Å²) in [6.07, 6.45) is -4.32. The SMILES string of the molecule is COc1ccc(-c2nc(SCc3ccc(C(F)(F)F)cc3)n[nH]2)cc1. The average molecular weight is 365 g/mol. The molecule has 0 amide bonds. The van der Waals surface area contributed by atoms with Crippen LogP contribution in [0, 0.1) is 0 Å². The van der Waals surface area contributed by atoms with Gasteiger partial charge < -0.3 is 4.74 Å². The molecule has 0 aliphatic heterocycles. The molecule has 0 saturated heterocycles. The van der Waals surface area contributed by atoms with E-state index in [1.807, 2.05) is 24.3 Å². The maximum Gasteiger partial charge on any atom is 0.416 e. The second kappa shape index (κ2) is 7.18. The van der Waals surface area contributed by atoms with Crippen molar-refractivity contribution in [3.8, 4) is 17.1 Å². The van der Waals surface area contributed by atoms with E-state index in [-0.39, 0.29) is 0 Å². The van der Waals surface area contributed by atoms with E-state index < -0.39 is 11.7 Å². The van der Waals surface area contributed by atoms with Gasteiger partial charge in [-0.25, -0.2) is 4.98 Å². The fourth-order valence-electron chi connectivity index (χ4n) is 2.13. The molecule has 3 rings (SSSR count). The molecule has 0 saturated carbocycles. The van der Waals surface area contributed by atoms with E-state index in [1.54, 1.807) is 7.11 Å². The number of nitrogens with one attached hydrogen (secondary N) is 1. The molecule has 3 aromatic rings. The number of H-pyrrole nitrogens is 1. The van der Waals surface area contributed by atoms with Crippen molar-refractivity contribution in [1.82, 2.24) is 15.2 Å². The topological polar surface area (TPSA) is 50.8 Å². The summed E-state index contributed by atoms with van der Waals surface area (Å²) >= 11 is 1.35. The van der Waals surface area contributed by atoms with Gasteiger partial charge in [0.2, 0.25) is 5.16 Å². The molecule has 0 aliphatic rings. The third kappa shape index (κ3) is 4.33. The number of thioether (sulfide) groups is 1. The summed E-state index contributed by atoms with van der Waals surface area (Å²) < 4.78 is 42.7. The summed E-state index contributed by atoms with van der Waals surface area (Å²) in [7, 11) is 1.60. The van der Waals surface area contributed by atoms with Gasteiger partial charge in [-0.05, 0) is 42.0 Å². The molecule has 4 nitrogen and oxygen atoms in total. The number of aromatic amines is 1. The van der Waals surface area contributed by atoms with Crippen LogP contribution in [0.4, 0.5) is 13.2 Å². The third-order valence-corrected chi connectivity index (χ3v) is 4.40. The van der Waals surface area contributed by atoms with E-state index in [4.69, 9.17) is 4.74 Å². The van der Waals surface area contributed by atoms with Gasteiger partial charge in [0.15, 0.2) is 5.82 Å². The van der Waals surface area contributed by atoms with E-state index in [0.717, 1.165) is 29.0 Å². The number of ether oxygens (including phenoxy) is 1. The highest BCUT2D eigenvalue weighted by molar-refractivity contribution is 7.98. The predicted molar refractivity (Wildman–Crippen MR) is 89.4 cm³/mol. The minimum atomic E-state index is -4.32. The van der Waals surface area contributed by atoms with Crippen LogP contribution >= 0.6 is 11.8 Å². The van der Waals surface area contributed by atoms with Crippen molar-refractivity contribution in [1.29, 1.82) is 0 Å². The minimum absolute atomic E-state index is 0.484. The first-order chi connectivity index (χ1) is 12.0. The van der Waals surface area contributed by atoms with Gasteiger partial charge in [0, 0.05) is 11.3 Å². The van der Waals surface area contributed by atoms with Crippen LogP contribution in [0.3, 0.4) is 0 Å². The maximum atomic E-state index is 12.5. The highest BCUT2D eigenvalue weighted by Crippen LogP contribution is 2.30. The molecule has 1 N–H and O–H groups in total. The molecular formula is C17H14F3N3OS. The largest absolute Gasteiger partial charge is 0.497 e. The van der Waals surface area contributed by atoms with E-state index in [9.17, 15) is 13.2 Å². The number of hydrogen-bond donors (Lipinski definition) is 1. The Morgan fingerprint density at radius 2 is 1.72 bits per heavy atom. The number of halogens is 3. The fraction of sp³-hybridized carbons (Fsp3) is 0.176. The Morgan fingerprint density at radius 3 is 2.32 bits per heavy atom. The molecule has 0 radical (unpaired) electrons. The number of methoxy groups -OCH3 is 1. The van der Waals surface area contributed by atoms with Crippen molar-refractivity contribution < 1.29 is 17.9 Å². The first-order valence-electron chi connectivity index (χ1n) is 7.31. The molecular weight excluding hydrogens is 351 g/mol. The Labute approximate surface area is 146 Å². The van der Waals surface area contributed by atoms with Crippen LogP contribution in [0.2, 0.25) is 0 Å². The Morgan fingerprint density at radius 1 is 1.04 bits per heavy atom. The standard InChI is InChI=1S/C17H14F3N3OS/c1-24-14-8-4-12(5-9-14)15-21-16(23-22-15)25-10-11-2-6-13(7-3-11)17(18,19)20/h2-9H,10H2,1H3,(H,21,22,23). The molecule has 0 bridgehead atoms. The highest BCUT2D eigenvalue weighted by atomic mass is 32.2. The number of alkyl halides is 3. The first kappa shape index (κ1) is 17.3. The highest BCUT2D eigenvalue weighted by Gasteiger charge is 2.29. The van der Waals surface area contributed by atoms with Crippen LogP contribution in [0.15, 0.2) is 53.7 Å². The summed E-state index contributed by atoms with van der Waals surface area (Å²) in [6, 6.07) is 12.5. The van der Waals surface area contributed by atoms with Gasteiger partial charge in [0.05, 0.1) is 12.7 Å². The second-order valence-electron chi connectivity index (χ2n) is 5.18. The van der Waals surface area contributed by atoms with E-state index >= 15 is 0 Å². The van der Waals surface area contributed by atoms with Gasteiger partial charge in [-0.2, -0.15) is 13.2 Å². The van der Waals surface area contributed by atoms with Gasteiger partial charge >= 0.3 is 6.18 Å². The molecule has 130 valence electrons. The van der Waals surface area contributed by atoms with Gasteiger partial charge in [-0.15, -0.1) is 5.10 Å².